The Hall–Kier alpha value is -2.80. The highest BCUT2D eigenvalue weighted by atomic mass is 32.1. The average Bonchev–Trinajstić information content (AvgIpc) is 3.20. The summed E-state index contributed by atoms with van der Waals surface area (Å²) in [5, 5.41) is 3.58. The molecular formula is C18H16N2O4S. The van der Waals surface area contributed by atoms with Crippen LogP contribution in [0, 0.1) is 13.8 Å². The summed E-state index contributed by atoms with van der Waals surface area (Å²) in [4.78, 5) is 17.6. The van der Waals surface area contributed by atoms with Crippen LogP contribution in [0.2, 0.25) is 0 Å². The van der Waals surface area contributed by atoms with Crippen molar-refractivity contribution in [1.29, 1.82) is 0 Å². The second-order valence-corrected chi connectivity index (χ2v) is 6.66. The zero-order valence-corrected chi connectivity index (χ0v) is 14.6. The molecule has 2 aromatic heterocycles. The first-order chi connectivity index (χ1) is 12.1. The number of anilines is 1. The Balaban J connectivity index is 1.56. The number of aryl methyl sites for hydroxylation is 2. The van der Waals surface area contributed by atoms with Crippen molar-refractivity contribution in [3.63, 3.8) is 0 Å². The zero-order valence-electron chi connectivity index (χ0n) is 13.8. The molecule has 0 unspecified atom stereocenters. The summed E-state index contributed by atoms with van der Waals surface area (Å²) in [5.74, 6) is 2.60. The fourth-order valence-electron chi connectivity index (χ4n) is 2.57. The molecule has 0 atom stereocenters. The molecule has 128 valence electrons. The van der Waals surface area contributed by atoms with Gasteiger partial charge in [-0.25, -0.2) is 4.98 Å². The maximum atomic E-state index is 12.6. The summed E-state index contributed by atoms with van der Waals surface area (Å²) < 4.78 is 16.6. The molecule has 0 radical (unpaired) electrons. The maximum absolute atomic E-state index is 12.6. The van der Waals surface area contributed by atoms with Crippen molar-refractivity contribution in [3.8, 4) is 22.3 Å². The summed E-state index contributed by atoms with van der Waals surface area (Å²) in [6.07, 6.45) is 0. The van der Waals surface area contributed by atoms with Crippen molar-refractivity contribution in [3.05, 3.63) is 46.7 Å². The molecule has 4 rings (SSSR count). The van der Waals surface area contributed by atoms with E-state index in [-0.39, 0.29) is 5.91 Å². The smallest absolute Gasteiger partial charge is 0.267 e. The summed E-state index contributed by atoms with van der Waals surface area (Å²) >= 11 is 1.31. The minimum atomic E-state index is -0.207. The SMILES string of the molecule is Cc1ccc(-c2nc(C)c(C(=O)Nc3ccc4c(c3)OCCO4)s2)o1. The Morgan fingerprint density at radius 2 is 1.92 bits per heavy atom. The normalized spacial score (nSPS) is 12.9. The molecule has 1 aromatic carbocycles. The van der Waals surface area contributed by atoms with E-state index < -0.39 is 0 Å². The highest BCUT2D eigenvalue weighted by Crippen LogP contribution is 2.34. The first kappa shape index (κ1) is 15.7. The minimum Gasteiger partial charge on any atom is -0.486 e. The lowest BCUT2D eigenvalue weighted by molar-refractivity contribution is 0.102. The summed E-state index contributed by atoms with van der Waals surface area (Å²) in [5.41, 5.74) is 1.32. The van der Waals surface area contributed by atoms with Crippen molar-refractivity contribution in [2.45, 2.75) is 13.8 Å². The Bertz CT molecular complexity index is 944. The molecular weight excluding hydrogens is 340 g/mol. The third kappa shape index (κ3) is 3.10. The van der Waals surface area contributed by atoms with Gasteiger partial charge in [-0.15, -0.1) is 11.3 Å². The first-order valence-corrected chi connectivity index (χ1v) is 8.67. The van der Waals surface area contributed by atoms with E-state index in [4.69, 9.17) is 13.9 Å². The number of thiazole rings is 1. The van der Waals surface area contributed by atoms with Gasteiger partial charge in [-0.3, -0.25) is 4.79 Å². The number of nitrogens with one attached hydrogen (secondary N) is 1. The number of fused-ring (bicyclic) bond motifs is 1. The predicted molar refractivity (Wildman–Crippen MR) is 94.7 cm³/mol. The van der Waals surface area contributed by atoms with Gasteiger partial charge in [0.2, 0.25) is 0 Å². The summed E-state index contributed by atoms with van der Waals surface area (Å²) in [6.45, 7) is 4.73. The van der Waals surface area contributed by atoms with Crippen LogP contribution in [0.1, 0.15) is 21.1 Å². The first-order valence-electron chi connectivity index (χ1n) is 7.85. The highest BCUT2D eigenvalue weighted by Gasteiger charge is 2.19. The van der Waals surface area contributed by atoms with E-state index >= 15 is 0 Å². The van der Waals surface area contributed by atoms with Crippen molar-refractivity contribution >= 4 is 22.9 Å². The van der Waals surface area contributed by atoms with E-state index in [9.17, 15) is 4.79 Å². The topological polar surface area (TPSA) is 73.6 Å². The van der Waals surface area contributed by atoms with Gasteiger partial charge in [0.05, 0.1) is 5.69 Å². The Labute approximate surface area is 148 Å². The van der Waals surface area contributed by atoms with Crippen LogP contribution in [-0.2, 0) is 0 Å². The lowest BCUT2D eigenvalue weighted by Gasteiger charge is -2.18. The van der Waals surface area contributed by atoms with Crippen molar-refractivity contribution < 1.29 is 18.7 Å². The molecule has 0 aliphatic carbocycles. The molecule has 0 saturated carbocycles. The second-order valence-electron chi connectivity index (χ2n) is 5.66. The van der Waals surface area contributed by atoms with E-state index in [2.05, 4.69) is 10.3 Å². The minimum absolute atomic E-state index is 0.207. The third-order valence-corrected chi connectivity index (χ3v) is 4.92. The van der Waals surface area contributed by atoms with E-state index in [1.165, 1.54) is 11.3 Å². The van der Waals surface area contributed by atoms with Crippen LogP contribution in [0.3, 0.4) is 0 Å². The zero-order chi connectivity index (χ0) is 17.4. The van der Waals surface area contributed by atoms with Crippen molar-refractivity contribution in [2.75, 3.05) is 18.5 Å². The number of nitrogens with zero attached hydrogens (tertiary/aromatic N) is 1. The van der Waals surface area contributed by atoms with E-state index in [1.807, 2.05) is 26.0 Å². The Morgan fingerprint density at radius 3 is 2.68 bits per heavy atom. The number of furan rings is 1. The van der Waals surface area contributed by atoms with Gasteiger partial charge in [-0.1, -0.05) is 0 Å². The van der Waals surface area contributed by atoms with Crippen LogP contribution in [0.5, 0.6) is 11.5 Å². The number of hydrogen-bond acceptors (Lipinski definition) is 6. The fourth-order valence-corrected chi connectivity index (χ4v) is 3.49. The lowest BCUT2D eigenvalue weighted by Crippen LogP contribution is -2.16. The van der Waals surface area contributed by atoms with Crippen molar-refractivity contribution in [2.24, 2.45) is 0 Å². The van der Waals surface area contributed by atoms with Crippen LogP contribution >= 0.6 is 11.3 Å². The van der Waals surface area contributed by atoms with Gasteiger partial charge in [0.1, 0.15) is 23.9 Å². The van der Waals surface area contributed by atoms with Crippen LogP contribution in [0.4, 0.5) is 5.69 Å². The number of ether oxygens (including phenoxy) is 2. The molecule has 25 heavy (non-hydrogen) atoms. The van der Waals surface area contributed by atoms with Gasteiger partial charge in [-0.05, 0) is 38.1 Å². The molecule has 1 aliphatic heterocycles. The van der Waals surface area contributed by atoms with Crippen LogP contribution < -0.4 is 14.8 Å². The Kier molecular flexibility index (Phi) is 3.93. The number of benzene rings is 1. The molecule has 6 nitrogen and oxygen atoms in total. The lowest BCUT2D eigenvalue weighted by atomic mass is 10.2. The monoisotopic (exact) mass is 356 g/mol. The molecule has 1 aliphatic rings. The van der Waals surface area contributed by atoms with E-state index in [1.54, 1.807) is 18.2 Å². The molecule has 3 aromatic rings. The number of hydrogen-bond donors (Lipinski definition) is 1. The van der Waals surface area contributed by atoms with Crippen molar-refractivity contribution in [1.82, 2.24) is 4.98 Å². The van der Waals surface area contributed by atoms with E-state index in [0.717, 1.165) is 5.76 Å². The largest absolute Gasteiger partial charge is 0.486 e. The molecule has 1 N–H and O–H groups in total. The van der Waals surface area contributed by atoms with Gasteiger partial charge in [0, 0.05) is 11.8 Å². The molecule has 7 heteroatoms. The van der Waals surface area contributed by atoms with Gasteiger partial charge in [0.25, 0.3) is 5.91 Å². The van der Waals surface area contributed by atoms with Crippen LogP contribution in [-0.4, -0.2) is 24.1 Å². The number of carbonyl (C=O) groups is 1. The van der Waals surface area contributed by atoms with Crippen LogP contribution in [0.25, 0.3) is 10.8 Å². The van der Waals surface area contributed by atoms with Gasteiger partial charge in [-0.2, -0.15) is 0 Å². The fraction of sp³-hybridized carbons (Fsp3) is 0.222. The van der Waals surface area contributed by atoms with Gasteiger partial charge >= 0.3 is 0 Å². The molecule has 3 heterocycles. The summed E-state index contributed by atoms with van der Waals surface area (Å²) in [7, 11) is 0. The van der Waals surface area contributed by atoms with Gasteiger partial charge < -0.3 is 19.2 Å². The molecule has 0 spiro atoms. The second kappa shape index (κ2) is 6.25. The number of carbonyl (C=O) groups excluding carboxylic acids is 1. The molecule has 0 saturated heterocycles. The Morgan fingerprint density at radius 1 is 1.12 bits per heavy atom. The van der Waals surface area contributed by atoms with E-state index in [0.29, 0.717) is 51.7 Å². The quantitative estimate of drug-likeness (QED) is 0.766. The van der Waals surface area contributed by atoms with Gasteiger partial charge in [0.15, 0.2) is 22.3 Å². The predicted octanol–water partition coefficient (Wildman–Crippen LogP) is 4.04. The number of aromatic nitrogens is 1. The summed E-state index contributed by atoms with van der Waals surface area (Å²) in [6, 6.07) is 9.08. The molecule has 0 bridgehead atoms. The third-order valence-electron chi connectivity index (χ3n) is 3.75. The molecule has 1 amide bonds. The number of rotatable bonds is 3. The maximum Gasteiger partial charge on any atom is 0.267 e. The van der Waals surface area contributed by atoms with Crippen LogP contribution in [0.15, 0.2) is 34.7 Å². The number of amides is 1. The average molecular weight is 356 g/mol. The highest BCUT2D eigenvalue weighted by molar-refractivity contribution is 7.17. The molecule has 0 fully saturated rings. The standard InChI is InChI=1S/C18H16N2O4S/c1-10-3-5-14(24-10)18-19-11(2)16(25-18)17(21)20-12-4-6-13-15(9-12)23-8-7-22-13/h3-6,9H,7-8H2,1-2H3,(H,20,21).